The lowest BCUT2D eigenvalue weighted by atomic mass is 9.88. The molecule has 2 amide bonds. The summed E-state index contributed by atoms with van der Waals surface area (Å²) in [6.45, 7) is 11.8. The molecule has 41 heavy (non-hydrogen) atoms. The molecule has 13 nitrogen and oxygen atoms in total. The van der Waals surface area contributed by atoms with E-state index in [9.17, 15) is 24.0 Å². The minimum absolute atomic E-state index is 0.0764. The van der Waals surface area contributed by atoms with E-state index in [1.807, 2.05) is 6.92 Å². The monoisotopic (exact) mass is 587 g/mol. The number of amides is 2. The highest BCUT2D eigenvalue weighted by molar-refractivity contribution is 5.82. The van der Waals surface area contributed by atoms with Crippen LogP contribution < -0.4 is 16.4 Å². The molecule has 0 radical (unpaired) electrons. The van der Waals surface area contributed by atoms with Gasteiger partial charge in [0.25, 0.3) is 0 Å². The van der Waals surface area contributed by atoms with E-state index in [4.69, 9.17) is 29.4 Å². The zero-order valence-electron chi connectivity index (χ0n) is 25.5. The highest BCUT2D eigenvalue weighted by Gasteiger charge is 2.47. The Kier molecular flexibility index (Phi) is 15.8. The van der Waals surface area contributed by atoms with E-state index in [-0.39, 0.29) is 43.2 Å². The number of nitrogens with one attached hydrogen (secondary N) is 2. The minimum Gasteiger partial charge on any atom is -0.463 e. The maximum atomic E-state index is 12.2. The van der Waals surface area contributed by atoms with Crippen LogP contribution in [0.2, 0.25) is 0 Å². The summed E-state index contributed by atoms with van der Waals surface area (Å²) in [5.74, 6) is -2.36. The highest BCUT2D eigenvalue weighted by Crippen LogP contribution is 2.30. The van der Waals surface area contributed by atoms with Crippen LogP contribution in [0.3, 0.4) is 0 Å². The van der Waals surface area contributed by atoms with E-state index in [0.717, 1.165) is 19.3 Å². The molecule has 1 saturated heterocycles. The molecular formula is C28H49N3O10. The first-order chi connectivity index (χ1) is 19.1. The van der Waals surface area contributed by atoms with Gasteiger partial charge in [0.05, 0.1) is 12.1 Å². The molecule has 0 bridgehead atoms. The quantitative estimate of drug-likeness (QED) is 0.135. The van der Waals surface area contributed by atoms with Crippen LogP contribution in [-0.2, 0) is 47.7 Å². The molecule has 0 aliphatic carbocycles. The van der Waals surface area contributed by atoms with Crippen molar-refractivity contribution in [3.8, 4) is 0 Å². The molecule has 0 saturated carbocycles. The first-order valence-electron chi connectivity index (χ1n) is 14.2. The van der Waals surface area contributed by atoms with Crippen molar-refractivity contribution in [3.63, 3.8) is 0 Å². The summed E-state index contributed by atoms with van der Waals surface area (Å²) in [4.78, 5) is 58.9. The van der Waals surface area contributed by atoms with E-state index in [0.29, 0.717) is 19.6 Å². The van der Waals surface area contributed by atoms with Crippen LogP contribution in [0.4, 0.5) is 0 Å². The predicted octanol–water partition coefficient (Wildman–Crippen LogP) is 1.49. The molecule has 0 aromatic rings. The lowest BCUT2D eigenvalue weighted by Gasteiger charge is -2.44. The van der Waals surface area contributed by atoms with Gasteiger partial charge in [0.1, 0.15) is 24.4 Å². The van der Waals surface area contributed by atoms with Crippen molar-refractivity contribution in [1.82, 2.24) is 10.6 Å². The maximum absolute atomic E-state index is 12.2. The van der Waals surface area contributed by atoms with Crippen LogP contribution in [0.15, 0.2) is 0 Å². The number of ether oxygens (including phenoxy) is 5. The number of hydrogen-bond donors (Lipinski definition) is 3. The van der Waals surface area contributed by atoms with Gasteiger partial charge < -0.3 is 40.1 Å². The molecule has 1 aliphatic heterocycles. The molecule has 1 fully saturated rings. The molecule has 236 valence electrons. The summed E-state index contributed by atoms with van der Waals surface area (Å²) in [5.41, 5.74) is 5.31. The SMILES string of the molecule is CC(=O)NC1[C@H](OCCCCCCNC(=O)[C@@H](N)CCC(=O)OC(C)(C)C)OC(COC(C)=O)[C@H](OC(C)=O)[C@@H]1C. The van der Waals surface area contributed by atoms with Gasteiger partial charge in [-0.1, -0.05) is 19.8 Å². The first kappa shape index (κ1) is 36.3. The van der Waals surface area contributed by atoms with Gasteiger partial charge in [0, 0.05) is 46.3 Å². The number of rotatable bonds is 16. The standard InChI is InChI=1S/C28H49N3O10/c1-17-24(31-18(2)32)27(40-22(16-38-19(3)33)25(17)39-20(4)34)37-15-11-9-8-10-14-30-26(36)21(29)12-13-23(35)41-28(5,6)7/h17,21-22,24-25,27H,8-16,29H2,1-7H3,(H,30,36)(H,31,32)/t17-,21+,22?,24?,25-,27-/m1/s1. The number of hydrogen-bond acceptors (Lipinski definition) is 11. The molecule has 1 aliphatic rings. The Morgan fingerprint density at radius 3 is 2.22 bits per heavy atom. The Morgan fingerprint density at radius 1 is 0.976 bits per heavy atom. The molecule has 0 spiro atoms. The van der Waals surface area contributed by atoms with Crippen molar-refractivity contribution < 1.29 is 47.7 Å². The Labute approximate surface area is 242 Å². The Morgan fingerprint density at radius 2 is 1.63 bits per heavy atom. The van der Waals surface area contributed by atoms with Crippen molar-refractivity contribution in [2.75, 3.05) is 19.8 Å². The number of nitrogens with two attached hydrogens (primary N) is 1. The van der Waals surface area contributed by atoms with Crippen LogP contribution in [0.1, 0.15) is 87.0 Å². The number of unbranched alkanes of at least 4 members (excludes halogenated alkanes) is 3. The molecule has 1 heterocycles. The second kappa shape index (κ2) is 17.9. The van der Waals surface area contributed by atoms with Gasteiger partial charge in [-0.3, -0.25) is 24.0 Å². The van der Waals surface area contributed by atoms with Crippen molar-refractivity contribution in [2.45, 2.75) is 123 Å². The zero-order chi connectivity index (χ0) is 31.2. The van der Waals surface area contributed by atoms with Crippen molar-refractivity contribution in [1.29, 1.82) is 0 Å². The van der Waals surface area contributed by atoms with Crippen molar-refractivity contribution >= 4 is 29.7 Å². The number of carbonyl (C=O) groups excluding carboxylic acids is 5. The molecular weight excluding hydrogens is 538 g/mol. The fourth-order valence-corrected chi connectivity index (χ4v) is 4.33. The van der Waals surface area contributed by atoms with E-state index in [2.05, 4.69) is 10.6 Å². The van der Waals surface area contributed by atoms with Crippen molar-refractivity contribution in [3.05, 3.63) is 0 Å². The van der Waals surface area contributed by atoms with Gasteiger partial charge >= 0.3 is 17.9 Å². The third-order valence-electron chi connectivity index (χ3n) is 6.24. The van der Waals surface area contributed by atoms with E-state index in [1.165, 1.54) is 20.8 Å². The molecule has 0 aromatic carbocycles. The first-order valence-corrected chi connectivity index (χ1v) is 14.2. The summed E-state index contributed by atoms with van der Waals surface area (Å²) in [6, 6.07) is -1.37. The van der Waals surface area contributed by atoms with Crippen LogP contribution in [0.5, 0.6) is 0 Å². The van der Waals surface area contributed by atoms with E-state index < -0.39 is 48.1 Å². The Hall–Kier alpha value is -2.77. The minimum atomic E-state index is -0.831. The van der Waals surface area contributed by atoms with Crippen LogP contribution in [-0.4, -0.2) is 85.7 Å². The van der Waals surface area contributed by atoms with E-state index >= 15 is 0 Å². The molecule has 13 heteroatoms. The Balaban J connectivity index is 2.45. The maximum Gasteiger partial charge on any atom is 0.306 e. The topological polar surface area (TPSA) is 182 Å². The predicted molar refractivity (Wildman–Crippen MR) is 148 cm³/mol. The Bertz CT molecular complexity index is 874. The fraction of sp³-hybridized carbons (Fsp3) is 0.821. The average molecular weight is 588 g/mol. The third-order valence-corrected chi connectivity index (χ3v) is 6.24. The molecule has 4 N–H and O–H groups in total. The lowest BCUT2D eigenvalue weighted by Crippen LogP contribution is -2.62. The van der Waals surface area contributed by atoms with E-state index in [1.54, 1.807) is 20.8 Å². The summed E-state index contributed by atoms with van der Waals surface area (Å²) < 4.78 is 27.7. The lowest BCUT2D eigenvalue weighted by molar-refractivity contribution is -0.262. The van der Waals surface area contributed by atoms with Gasteiger partial charge in [0.15, 0.2) is 6.29 Å². The summed E-state index contributed by atoms with van der Waals surface area (Å²) in [7, 11) is 0. The number of esters is 3. The number of carbonyl (C=O) groups is 5. The molecule has 6 atom stereocenters. The normalized spacial score (nSPS) is 23.2. The van der Waals surface area contributed by atoms with Crippen LogP contribution in [0, 0.1) is 5.92 Å². The summed E-state index contributed by atoms with van der Waals surface area (Å²) in [6.07, 6.45) is 1.05. The third kappa shape index (κ3) is 15.1. The largest absolute Gasteiger partial charge is 0.463 e. The summed E-state index contributed by atoms with van der Waals surface area (Å²) >= 11 is 0. The van der Waals surface area contributed by atoms with Gasteiger partial charge in [0.2, 0.25) is 11.8 Å². The highest BCUT2D eigenvalue weighted by atomic mass is 16.7. The van der Waals surface area contributed by atoms with Crippen LogP contribution >= 0.6 is 0 Å². The zero-order valence-corrected chi connectivity index (χ0v) is 25.5. The van der Waals surface area contributed by atoms with Gasteiger partial charge in [-0.05, 0) is 40.0 Å². The average Bonchev–Trinajstić information content (AvgIpc) is 2.84. The fourth-order valence-electron chi connectivity index (χ4n) is 4.33. The van der Waals surface area contributed by atoms with Gasteiger partial charge in [-0.2, -0.15) is 0 Å². The molecule has 2 unspecified atom stereocenters. The molecule has 1 rings (SSSR count). The smallest absolute Gasteiger partial charge is 0.306 e. The van der Waals surface area contributed by atoms with Gasteiger partial charge in [-0.15, -0.1) is 0 Å². The van der Waals surface area contributed by atoms with Gasteiger partial charge in [-0.25, -0.2) is 0 Å². The van der Waals surface area contributed by atoms with Crippen LogP contribution in [0.25, 0.3) is 0 Å². The second-order valence-corrected chi connectivity index (χ2v) is 11.3. The molecule has 0 aromatic heterocycles. The van der Waals surface area contributed by atoms with Crippen molar-refractivity contribution in [2.24, 2.45) is 11.7 Å². The summed E-state index contributed by atoms with van der Waals surface area (Å²) in [5, 5.41) is 5.61. The second-order valence-electron chi connectivity index (χ2n) is 11.3.